The van der Waals surface area contributed by atoms with Gasteiger partial charge in [-0.2, -0.15) is 0 Å². The first-order chi connectivity index (χ1) is 15.7. The molecule has 4 aromatic carbocycles. The quantitative estimate of drug-likeness (QED) is 0.333. The smallest absolute Gasteiger partial charge is 0.143 e. The minimum Gasteiger partial charge on any atom is -0.508 e. The van der Waals surface area contributed by atoms with Gasteiger partial charge in [0.15, 0.2) is 0 Å². The van der Waals surface area contributed by atoms with Crippen molar-refractivity contribution in [2.45, 2.75) is 6.92 Å². The number of fused-ring (bicyclic) bond motifs is 1. The Hall–Kier alpha value is -3.54. The standard InChI is InChI=1S/C27H26O5/c1-19-17-21-18-22(29)7-12-25(21)27(26(19)20-5-3-2-4-6-20)32-24-10-8-23(9-11-24)31-16-15-30-14-13-28/h2-12,17-18,28-29H,13-16H2,1H3. The summed E-state index contributed by atoms with van der Waals surface area (Å²) in [5.41, 5.74) is 3.15. The summed E-state index contributed by atoms with van der Waals surface area (Å²) in [5, 5.41) is 20.5. The summed E-state index contributed by atoms with van der Waals surface area (Å²) >= 11 is 0. The van der Waals surface area contributed by atoms with Crippen molar-refractivity contribution in [3.05, 3.63) is 84.4 Å². The lowest BCUT2D eigenvalue weighted by Gasteiger charge is -2.18. The highest BCUT2D eigenvalue weighted by Gasteiger charge is 2.16. The Morgan fingerprint density at radius 3 is 2.28 bits per heavy atom. The summed E-state index contributed by atoms with van der Waals surface area (Å²) < 4.78 is 17.3. The van der Waals surface area contributed by atoms with Gasteiger partial charge >= 0.3 is 0 Å². The highest BCUT2D eigenvalue weighted by molar-refractivity contribution is 5.97. The topological polar surface area (TPSA) is 68.2 Å². The zero-order valence-corrected chi connectivity index (χ0v) is 18.0. The maximum absolute atomic E-state index is 9.96. The first kappa shape index (κ1) is 21.7. The Morgan fingerprint density at radius 2 is 1.53 bits per heavy atom. The van der Waals surface area contributed by atoms with Crippen LogP contribution in [-0.4, -0.2) is 36.6 Å². The predicted octanol–water partition coefficient (Wildman–Crippen LogP) is 5.70. The molecule has 0 unspecified atom stereocenters. The number of benzene rings is 4. The second kappa shape index (κ2) is 10.2. The minimum absolute atomic E-state index is 0.00423. The lowest BCUT2D eigenvalue weighted by atomic mass is 9.94. The van der Waals surface area contributed by atoms with Gasteiger partial charge in [0.1, 0.15) is 29.6 Å². The number of aromatic hydroxyl groups is 1. The number of aryl methyl sites for hydroxylation is 1. The van der Waals surface area contributed by atoms with Crippen molar-refractivity contribution >= 4 is 10.8 Å². The van der Waals surface area contributed by atoms with E-state index in [2.05, 4.69) is 25.1 Å². The largest absolute Gasteiger partial charge is 0.508 e. The van der Waals surface area contributed by atoms with E-state index in [4.69, 9.17) is 19.3 Å². The van der Waals surface area contributed by atoms with E-state index >= 15 is 0 Å². The third-order valence-corrected chi connectivity index (χ3v) is 5.11. The van der Waals surface area contributed by atoms with Gasteiger partial charge in [0, 0.05) is 10.9 Å². The maximum Gasteiger partial charge on any atom is 0.143 e. The van der Waals surface area contributed by atoms with Crippen molar-refractivity contribution < 1.29 is 24.4 Å². The Labute approximate surface area is 187 Å². The summed E-state index contributed by atoms with van der Waals surface area (Å²) in [5.74, 6) is 2.37. The molecule has 4 aromatic rings. The second-order valence-electron chi connectivity index (χ2n) is 7.43. The summed E-state index contributed by atoms with van der Waals surface area (Å²) in [6.07, 6.45) is 0. The Balaban J connectivity index is 1.64. The SMILES string of the molecule is Cc1cc2cc(O)ccc2c(Oc2ccc(OCCOCCO)cc2)c1-c1ccccc1. The summed E-state index contributed by atoms with van der Waals surface area (Å²) in [6, 6.07) is 25.0. The predicted molar refractivity (Wildman–Crippen MR) is 126 cm³/mol. The fourth-order valence-corrected chi connectivity index (χ4v) is 3.67. The van der Waals surface area contributed by atoms with Crippen LogP contribution in [0.2, 0.25) is 0 Å². The summed E-state index contributed by atoms with van der Waals surface area (Å²) in [6.45, 7) is 3.19. The molecule has 2 N–H and O–H groups in total. The van der Waals surface area contributed by atoms with E-state index in [0.29, 0.717) is 31.3 Å². The number of ether oxygens (including phenoxy) is 3. The van der Waals surface area contributed by atoms with Gasteiger partial charge in [-0.3, -0.25) is 0 Å². The van der Waals surface area contributed by atoms with E-state index in [0.717, 1.165) is 33.2 Å². The second-order valence-corrected chi connectivity index (χ2v) is 7.43. The van der Waals surface area contributed by atoms with Gasteiger partial charge in [-0.1, -0.05) is 36.4 Å². The maximum atomic E-state index is 9.96. The van der Waals surface area contributed by atoms with Crippen molar-refractivity contribution in [2.75, 3.05) is 26.4 Å². The molecule has 0 atom stereocenters. The van der Waals surface area contributed by atoms with E-state index in [9.17, 15) is 5.11 Å². The number of aliphatic hydroxyl groups excluding tert-OH is 1. The van der Waals surface area contributed by atoms with Gasteiger partial charge in [0.2, 0.25) is 0 Å². The third kappa shape index (κ3) is 5.02. The van der Waals surface area contributed by atoms with Crippen LogP contribution in [0.4, 0.5) is 0 Å². The molecule has 4 rings (SSSR count). The molecule has 32 heavy (non-hydrogen) atoms. The molecule has 0 saturated heterocycles. The molecule has 0 heterocycles. The number of hydrogen-bond acceptors (Lipinski definition) is 5. The molecular formula is C27H26O5. The zero-order valence-electron chi connectivity index (χ0n) is 18.0. The molecule has 0 aromatic heterocycles. The zero-order chi connectivity index (χ0) is 22.3. The van der Waals surface area contributed by atoms with Crippen LogP contribution in [-0.2, 0) is 4.74 Å². The lowest BCUT2D eigenvalue weighted by molar-refractivity contribution is 0.0705. The van der Waals surface area contributed by atoms with Crippen LogP contribution in [0.25, 0.3) is 21.9 Å². The number of rotatable bonds is 9. The van der Waals surface area contributed by atoms with E-state index in [1.54, 1.807) is 12.1 Å². The van der Waals surface area contributed by atoms with Crippen LogP contribution in [0.1, 0.15) is 5.56 Å². The molecule has 0 fully saturated rings. The molecular weight excluding hydrogens is 404 g/mol. The molecule has 5 heteroatoms. The minimum atomic E-state index is 0.00423. The van der Waals surface area contributed by atoms with E-state index < -0.39 is 0 Å². The van der Waals surface area contributed by atoms with Gasteiger partial charge in [0.25, 0.3) is 0 Å². The number of aliphatic hydroxyl groups is 1. The Bertz CT molecular complexity index is 1170. The molecule has 0 saturated carbocycles. The molecule has 5 nitrogen and oxygen atoms in total. The van der Waals surface area contributed by atoms with Crippen molar-refractivity contribution in [3.8, 4) is 34.1 Å². The third-order valence-electron chi connectivity index (χ3n) is 5.11. The van der Waals surface area contributed by atoms with Crippen molar-refractivity contribution in [2.24, 2.45) is 0 Å². The van der Waals surface area contributed by atoms with Gasteiger partial charge in [-0.15, -0.1) is 0 Å². The number of phenolic OH excluding ortho intramolecular Hbond substituents is 1. The van der Waals surface area contributed by atoms with Gasteiger partial charge in [-0.05, 0) is 65.9 Å². The Morgan fingerprint density at radius 1 is 0.781 bits per heavy atom. The van der Waals surface area contributed by atoms with Crippen LogP contribution >= 0.6 is 0 Å². The average molecular weight is 431 g/mol. The fourth-order valence-electron chi connectivity index (χ4n) is 3.67. The van der Waals surface area contributed by atoms with Crippen LogP contribution in [0, 0.1) is 6.92 Å². The lowest BCUT2D eigenvalue weighted by Crippen LogP contribution is -2.09. The van der Waals surface area contributed by atoms with Gasteiger partial charge < -0.3 is 24.4 Å². The number of phenols is 1. The van der Waals surface area contributed by atoms with Crippen LogP contribution in [0.3, 0.4) is 0 Å². The van der Waals surface area contributed by atoms with E-state index in [1.165, 1.54) is 0 Å². The first-order valence-corrected chi connectivity index (χ1v) is 10.6. The van der Waals surface area contributed by atoms with Crippen molar-refractivity contribution in [3.63, 3.8) is 0 Å². The van der Waals surface area contributed by atoms with Crippen LogP contribution in [0.15, 0.2) is 78.9 Å². The highest BCUT2D eigenvalue weighted by atomic mass is 16.5. The van der Waals surface area contributed by atoms with Gasteiger partial charge in [0.05, 0.1) is 19.8 Å². The molecule has 0 bridgehead atoms. The molecule has 0 amide bonds. The molecule has 164 valence electrons. The number of hydrogen-bond donors (Lipinski definition) is 2. The van der Waals surface area contributed by atoms with Crippen molar-refractivity contribution in [1.29, 1.82) is 0 Å². The van der Waals surface area contributed by atoms with Gasteiger partial charge in [-0.25, -0.2) is 0 Å². The molecule has 0 aliphatic carbocycles. The highest BCUT2D eigenvalue weighted by Crippen LogP contribution is 2.42. The van der Waals surface area contributed by atoms with Crippen molar-refractivity contribution in [1.82, 2.24) is 0 Å². The molecule has 0 radical (unpaired) electrons. The normalized spacial score (nSPS) is 10.9. The monoisotopic (exact) mass is 430 g/mol. The molecule has 0 aliphatic rings. The summed E-state index contributed by atoms with van der Waals surface area (Å²) in [7, 11) is 0. The van der Waals surface area contributed by atoms with Crippen LogP contribution < -0.4 is 9.47 Å². The van der Waals surface area contributed by atoms with E-state index in [1.807, 2.05) is 48.5 Å². The fraction of sp³-hybridized carbons (Fsp3) is 0.185. The average Bonchev–Trinajstić information content (AvgIpc) is 2.80. The first-order valence-electron chi connectivity index (χ1n) is 10.6. The Kier molecular flexibility index (Phi) is 6.90. The summed E-state index contributed by atoms with van der Waals surface area (Å²) in [4.78, 5) is 0. The molecule has 0 spiro atoms. The van der Waals surface area contributed by atoms with E-state index in [-0.39, 0.29) is 12.4 Å². The van der Waals surface area contributed by atoms with Crippen LogP contribution in [0.5, 0.6) is 23.0 Å². The molecule has 0 aliphatic heterocycles.